The Balaban J connectivity index is 1.49. The van der Waals surface area contributed by atoms with E-state index in [2.05, 4.69) is 12.1 Å². The van der Waals surface area contributed by atoms with Crippen molar-refractivity contribution in [1.82, 2.24) is 9.97 Å². The first kappa shape index (κ1) is 31.4. The predicted molar refractivity (Wildman–Crippen MR) is 171 cm³/mol. The molecule has 0 bridgehead atoms. The number of aromatic nitrogens is 2. The molecular weight excluding hydrogens is 629 g/mol. The van der Waals surface area contributed by atoms with Crippen molar-refractivity contribution in [1.29, 1.82) is 0 Å². The Hall–Kier alpha value is -0.536. The van der Waals surface area contributed by atoms with Gasteiger partial charge in [-0.15, -0.1) is 22.7 Å². The third kappa shape index (κ3) is 6.76. The van der Waals surface area contributed by atoms with Crippen molar-refractivity contribution in [3.05, 3.63) is 58.5 Å². The average molecular weight is 661 g/mol. The van der Waals surface area contributed by atoms with Gasteiger partial charge in [0, 0.05) is 54.2 Å². The maximum atomic E-state index is 5.90. The van der Waals surface area contributed by atoms with Crippen LogP contribution < -0.4 is 0 Å². The Morgan fingerprint density at radius 3 is 1.31 bits per heavy atom. The van der Waals surface area contributed by atoms with Crippen molar-refractivity contribution >= 4 is 92.1 Å². The molecule has 2 heterocycles. The molecule has 0 fully saturated rings. The quantitative estimate of drug-likeness (QED) is 0.0737. The van der Waals surface area contributed by atoms with Crippen LogP contribution in [0.15, 0.2) is 48.5 Å². The number of hydrogen-bond donors (Lipinski definition) is 0. The molecule has 212 valence electrons. The van der Waals surface area contributed by atoms with E-state index in [9.17, 15) is 0 Å². The van der Waals surface area contributed by atoms with Crippen LogP contribution in [0.4, 0.5) is 0 Å². The van der Waals surface area contributed by atoms with E-state index in [0.717, 1.165) is 30.4 Å². The van der Waals surface area contributed by atoms with E-state index in [-0.39, 0.29) is 11.1 Å². The van der Waals surface area contributed by atoms with Crippen LogP contribution in [-0.2, 0) is 26.6 Å². The molecule has 2 aromatic heterocycles. The van der Waals surface area contributed by atoms with Crippen molar-refractivity contribution in [2.75, 3.05) is 54.2 Å². The SMILES string of the molecule is CO[Si](OC)(OC)C(CSSSCC(c1nc2ccccc2s1)[Si](OC)(OC)OC)c1nc2ccccc2s1. The first-order valence-electron chi connectivity index (χ1n) is 11.9. The van der Waals surface area contributed by atoms with Gasteiger partial charge >= 0.3 is 17.6 Å². The summed E-state index contributed by atoms with van der Waals surface area (Å²) in [5.41, 5.74) is 1.72. The molecule has 0 radical (unpaired) electrons. The molecule has 0 aliphatic heterocycles. The van der Waals surface area contributed by atoms with Crippen LogP contribution in [0, 0.1) is 0 Å². The van der Waals surface area contributed by atoms with Crippen LogP contribution in [0.5, 0.6) is 0 Å². The molecule has 0 amide bonds. The van der Waals surface area contributed by atoms with Gasteiger partial charge in [-0.3, -0.25) is 0 Å². The van der Waals surface area contributed by atoms with Crippen molar-refractivity contribution in [2.45, 2.75) is 11.1 Å². The minimum Gasteiger partial charge on any atom is -0.376 e. The maximum Gasteiger partial charge on any atom is 0.511 e. The van der Waals surface area contributed by atoms with E-state index in [1.54, 1.807) is 96.7 Å². The molecular formula is C24H32N2O6S5Si2. The Labute approximate surface area is 251 Å². The zero-order valence-electron chi connectivity index (χ0n) is 22.6. The predicted octanol–water partition coefficient (Wildman–Crippen LogP) is 6.64. The summed E-state index contributed by atoms with van der Waals surface area (Å²) in [5.74, 6) is 1.43. The normalized spacial score (nSPS) is 14.3. The van der Waals surface area contributed by atoms with Crippen LogP contribution in [0.1, 0.15) is 21.1 Å². The lowest BCUT2D eigenvalue weighted by atomic mass is 10.3. The lowest BCUT2D eigenvalue weighted by Crippen LogP contribution is -2.50. The van der Waals surface area contributed by atoms with Gasteiger partial charge in [0.15, 0.2) is 0 Å². The second kappa shape index (κ2) is 14.6. The van der Waals surface area contributed by atoms with Crippen LogP contribution >= 0.6 is 54.1 Å². The molecule has 4 rings (SSSR count). The van der Waals surface area contributed by atoms with E-state index < -0.39 is 17.6 Å². The second-order valence-electron chi connectivity index (χ2n) is 8.21. The molecule has 4 aromatic rings. The molecule has 15 heteroatoms. The number of hydrogen-bond acceptors (Lipinski definition) is 13. The summed E-state index contributed by atoms with van der Waals surface area (Å²) in [6.07, 6.45) is 0. The number of fused-ring (bicyclic) bond motifs is 2. The molecule has 2 aromatic carbocycles. The summed E-state index contributed by atoms with van der Waals surface area (Å²) in [4.78, 5) is 9.82. The van der Waals surface area contributed by atoms with Crippen LogP contribution in [0.25, 0.3) is 20.4 Å². The standard InChI is InChI=1S/C24H32N2O6S5Si2/c1-27-38(28-2,29-3)21(23-25-17-11-7-9-13-19(17)35-23)15-33-37-34-16-22(39(30-4,31-5)32-6)24-26-18-12-8-10-14-20(18)36-24/h7-14,21-22H,15-16H2,1-6H3. The summed E-state index contributed by atoms with van der Waals surface area (Å²) in [6.45, 7) is 0. The molecule has 2 atom stereocenters. The number of benzene rings is 2. The van der Waals surface area contributed by atoms with E-state index >= 15 is 0 Å². The highest BCUT2D eigenvalue weighted by Crippen LogP contribution is 2.45. The van der Waals surface area contributed by atoms with Gasteiger partial charge in [-0.05, 0) is 34.1 Å². The maximum absolute atomic E-state index is 5.90. The van der Waals surface area contributed by atoms with Crippen LogP contribution in [-0.4, -0.2) is 81.7 Å². The molecule has 8 nitrogen and oxygen atoms in total. The molecule has 2 unspecified atom stereocenters. The van der Waals surface area contributed by atoms with Crippen LogP contribution in [0.2, 0.25) is 0 Å². The van der Waals surface area contributed by atoms with Gasteiger partial charge in [0.25, 0.3) is 0 Å². The Morgan fingerprint density at radius 2 is 0.974 bits per heavy atom. The van der Waals surface area contributed by atoms with Gasteiger partial charge < -0.3 is 26.6 Å². The highest BCUT2D eigenvalue weighted by Gasteiger charge is 2.51. The molecule has 0 saturated heterocycles. The molecule has 0 N–H and O–H groups in total. The monoisotopic (exact) mass is 660 g/mol. The topological polar surface area (TPSA) is 81.2 Å². The lowest BCUT2D eigenvalue weighted by Gasteiger charge is -2.31. The summed E-state index contributed by atoms with van der Waals surface area (Å²) in [7, 11) is 9.06. The van der Waals surface area contributed by atoms with E-state index in [1.807, 2.05) is 36.4 Å². The number of para-hydroxylation sites is 2. The highest BCUT2D eigenvalue weighted by atomic mass is 33.5. The second-order valence-corrected chi connectivity index (χ2v) is 20.9. The number of thiazole rings is 2. The largest absolute Gasteiger partial charge is 0.511 e. The Kier molecular flexibility index (Phi) is 11.7. The van der Waals surface area contributed by atoms with Gasteiger partial charge in [0.2, 0.25) is 0 Å². The van der Waals surface area contributed by atoms with Crippen molar-refractivity contribution < 1.29 is 26.6 Å². The van der Waals surface area contributed by atoms with E-state index in [0.29, 0.717) is 11.5 Å². The van der Waals surface area contributed by atoms with Gasteiger partial charge in [-0.2, -0.15) is 0 Å². The molecule has 0 saturated carbocycles. The Morgan fingerprint density at radius 1 is 0.615 bits per heavy atom. The fraction of sp³-hybridized carbons (Fsp3) is 0.417. The first-order valence-corrected chi connectivity index (χ1v) is 21.0. The third-order valence-electron chi connectivity index (χ3n) is 6.34. The molecule has 0 spiro atoms. The van der Waals surface area contributed by atoms with Crippen molar-refractivity contribution in [3.8, 4) is 0 Å². The molecule has 0 aliphatic rings. The summed E-state index contributed by atoms with van der Waals surface area (Å²) in [6, 6.07) is 16.3. The fourth-order valence-electron chi connectivity index (χ4n) is 4.31. The molecule has 0 aliphatic carbocycles. The van der Waals surface area contributed by atoms with Gasteiger partial charge in [0.05, 0.1) is 31.5 Å². The first-order chi connectivity index (χ1) is 19.0. The van der Waals surface area contributed by atoms with Crippen molar-refractivity contribution in [2.24, 2.45) is 0 Å². The smallest absolute Gasteiger partial charge is 0.376 e. The van der Waals surface area contributed by atoms with Gasteiger partial charge in [0.1, 0.15) is 10.0 Å². The average Bonchev–Trinajstić information content (AvgIpc) is 3.61. The van der Waals surface area contributed by atoms with Gasteiger partial charge in [-0.25, -0.2) is 9.97 Å². The summed E-state index contributed by atoms with van der Waals surface area (Å²) < 4.78 is 37.7. The van der Waals surface area contributed by atoms with Gasteiger partial charge in [-0.1, -0.05) is 45.9 Å². The number of rotatable bonds is 16. The third-order valence-corrected chi connectivity index (χ3v) is 20.0. The van der Waals surface area contributed by atoms with Crippen LogP contribution in [0.3, 0.4) is 0 Å². The van der Waals surface area contributed by atoms with E-state index in [4.69, 9.17) is 36.5 Å². The van der Waals surface area contributed by atoms with E-state index in [1.165, 1.54) is 0 Å². The number of nitrogens with zero attached hydrogens (tertiary/aromatic N) is 2. The lowest BCUT2D eigenvalue weighted by molar-refractivity contribution is 0.114. The summed E-state index contributed by atoms with van der Waals surface area (Å²) in [5, 5.41) is 1.92. The zero-order chi connectivity index (χ0) is 27.9. The highest BCUT2D eigenvalue weighted by molar-refractivity contribution is 9.09. The Bertz CT molecular complexity index is 1150. The zero-order valence-corrected chi connectivity index (χ0v) is 28.7. The van der Waals surface area contributed by atoms with Crippen molar-refractivity contribution in [3.63, 3.8) is 0 Å². The summed E-state index contributed by atoms with van der Waals surface area (Å²) >= 11 is 3.32. The molecule has 39 heavy (non-hydrogen) atoms. The minimum atomic E-state index is -3.01. The fourth-order valence-corrected chi connectivity index (χ4v) is 17.7. The minimum absolute atomic E-state index is 0.113.